The number of aromatic nitrogens is 1. The predicted octanol–water partition coefficient (Wildman–Crippen LogP) is 2.40. The van der Waals surface area contributed by atoms with Gasteiger partial charge in [0.2, 0.25) is 0 Å². The first-order chi connectivity index (χ1) is 4.86. The van der Waals surface area contributed by atoms with Crippen LogP contribution in [-0.4, -0.2) is 4.98 Å². The molecule has 0 aliphatic rings. The Morgan fingerprint density at radius 3 is 3.18 bits per heavy atom. The van der Waals surface area contributed by atoms with Crippen LogP contribution < -0.4 is 0 Å². The molecule has 1 nitrogen and oxygen atoms in total. The van der Waals surface area contributed by atoms with Crippen molar-refractivity contribution in [2.75, 3.05) is 0 Å². The molecule has 0 aliphatic heterocycles. The van der Waals surface area contributed by atoms with Crippen molar-refractivity contribution in [3.63, 3.8) is 0 Å². The fourth-order valence-corrected chi connectivity index (χ4v) is 1.53. The van der Waals surface area contributed by atoms with Crippen LogP contribution >= 0.6 is 11.3 Å². The van der Waals surface area contributed by atoms with E-state index in [-0.39, 0.29) is 18.6 Å². The van der Waals surface area contributed by atoms with Gasteiger partial charge in [0.1, 0.15) is 0 Å². The summed E-state index contributed by atoms with van der Waals surface area (Å²) in [7, 11) is 0. The molecular formula is C8H6NSV-. The van der Waals surface area contributed by atoms with E-state index in [4.69, 9.17) is 0 Å². The second-order valence-corrected chi connectivity index (χ2v) is 3.10. The summed E-state index contributed by atoms with van der Waals surface area (Å²) in [6.07, 6.45) is 0. The Morgan fingerprint density at radius 2 is 2.36 bits per heavy atom. The predicted molar refractivity (Wildman–Crippen MR) is 43.2 cm³/mol. The largest absolute Gasteiger partial charge is 0.309 e. The first kappa shape index (κ1) is 8.79. The molecule has 1 radical (unpaired) electrons. The molecule has 0 spiro atoms. The Hall–Kier alpha value is -0.306. The van der Waals surface area contributed by atoms with Crippen molar-refractivity contribution < 1.29 is 18.6 Å². The van der Waals surface area contributed by atoms with E-state index in [2.05, 4.69) is 24.0 Å². The van der Waals surface area contributed by atoms with E-state index in [0.29, 0.717) is 0 Å². The summed E-state index contributed by atoms with van der Waals surface area (Å²) < 4.78 is 1.14. The minimum absolute atomic E-state index is 0. The average molecular weight is 199 g/mol. The zero-order valence-electron chi connectivity index (χ0n) is 6.03. The summed E-state index contributed by atoms with van der Waals surface area (Å²) in [5, 5.41) is 0. The fourth-order valence-electron chi connectivity index (χ4n) is 0.902. The van der Waals surface area contributed by atoms with Crippen molar-refractivity contribution in [2.24, 2.45) is 0 Å². The number of aryl methyl sites for hydroxylation is 1. The van der Waals surface area contributed by atoms with Gasteiger partial charge in [-0.05, 0) is 5.52 Å². The van der Waals surface area contributed by atoms with E-state index in [1.807, 2.05) is 11.6 Å². The van der Waals surface area contributed by atoms with Crippen molar-refractivity contribution in [1.29, 1.82) is 0 Å². The van der Waals surface area contributed by atoms with Crippen LogP contribution in [0.4, 0.5) is 0 Å². The fraction of sp³-hybridized carbons (Fsp3) is 0.125. The third kappa shape index (κ3) is 1.64. The first-order valence-corrected chi connectivity index (χ1v) is 3.96. The molecule has 0 unspecified atom stereocenters. The second kappa shape index (κ2) is 3.39. The summed E-state index contributed by atoms with van der Waals surface area (Å²) in [5.74, 6) is 0. The molecule has 2 rings (SSSR count). The maximum atomic E-state index is 4.17. The van der Waals surface area contributed by atoms with Crippen LogP contribution in [0, 0.1) is 13.0 Å². The topological polar surface area (TPSA) is 12.9 Å². The number of fused-ring (bicyclic) bond motifs is 1. The Balaban J connectivity index is 0.000000605. The molecule has 1 aromatic heterocycles. The molecule has 11 heavy (non-hydrogen) atoms. The van der Waals surface area contributed by atoms with Crippen molar-refractivity contribution >= 4 is 21.6 Å². The summed E-state index contributed by atoms with van der Waals surface area (Å²) in [6, 6.07) is 7.21. The molecule has 0 aliphatic carbocycles. The van der Waals surface area contributed by atoms with E-state index in [9.17, 15) is 0 Å². The maximum absolute atomic E-state index is 4.17. The third-order valence-electron chi connectivity index (χ3n) is 1.39. The van der Waals surface area contributed by atoms with Crippen LogP contribution in [0.5, 0.6) is 0 Å². The molecule has 0 bridgehead atoms. The van der Waals surface area contributed by atoms with E-state index >= 15 is 0 Å². The van der Waals surface area contributed by atoms with E-state index in [1.54, 1.807) is 11.3 Å². The van der Waals surface area contributed by atoms with Gasteiger partial charge in [-0.1, -0.05) is 11.6 Å². The molecule has 0 amide bonds. The number of hydrogen-bond acceptors (Lipinski definition) is 2. The van der Waals surface area contributed by atoms with Gasteiger partial charge in [-0.15, -0.1) is 6.07 Å². The van der Waals surface area contributed by atoms with Gasteiger partial charge < -0.3 is 4.98 Å². The van der Waals surface area contributed by atoms with Gasteiger partial charge in [-0.2, -0.15) is 29.0 Å². The van der Waals surface area contributed by atoms with Gasteiger partial charge in [0.15, 0.2) is 0 Å². The van der Waals surface area contributed by atoms with Crippen LogP contribution in [0.2, 0.25) is 0 Å². The van der Waals surface area contributed by atoms with Crippen LogP contribution in [0.3, 0.4) is 0 Å². The SMILES string of the molecule is Cc1c[c-]c2scnc2c1.[V]. The molecule has 2 aromatic rings. The Labute approximate surface area is 81.3 Å². The molecule has 1 heterocycles. The van der Waals surface area contributed by atoms with Crippen molar-refractivity contribution in [2.45, 2.75) is 6.92 Å². The first-order valence-electron chi connectivity index (χ1n) is 3.08. The second-order valence-electron chi connectivity index (χ2n) is 2.24. The van der Waals surface area contributed by atoms with E-state index in [1.165, 1.54) is 5.56 Å². The quantitative estimate of drug-likeness (QED) is 0.593. The van der Waals surface area contributed by atoms with E-state index < -0.39 is 0 Å². The molecule has 0 saturated carbocycles. The minimum atomic E-state index is 0. The number of benzene rings is 1. The molecule has 0 fully saturated rings. The van der Waals surface area contributed by atoms with Gasteiger partial charge in [0, 0.05) is 18.6 Å². The molecule has 0 atom stereocenters. The summed E-state index contributed by atoms with van der Waals surface area (Å²) in [4.78, 5) is 4.17. The van der Waals surface area contributed by atoms with Crippen molar-refractivity contribution in [3.05, 3.63) is 29.3 Å². The van der Waals surface area contributed by atoms with Crippen LogP contribution in [0.15, 0.2) is 17.6 Å². The molecule has 1 aromatic carbocycles. The standard InChI is InChI=1S/C8H6NS.V/c1-6-2-3-8-7(4-6)9-5-10-8;/h2,4-5H,1H3;/q-1;. The molecule has 0 saturated heterocycles. The number of rotatable bonds is 0. The maximum Gasteiger partial charge on any atom is 0.0634 e. The summed E-state index contributed by atoms with van der Waals surface area (Å²) in [6.45, 7) is 2.05. The van der Waals surface area contributed by atoms with Gasteiger partial charge in [0.25, 0.3) is 0 Å². The van der Waals surface area contributed by atoms with Crippen molar-refractivity contribution in [1.82, 2.24) is 4.98 Å². The van der Waals surface area contributed by atoms with Gasteiger partial charge >= 0.3 is 0 Å². The van der Waals surface area contributed by atoms with Crippen LogP contribution in [-0.2, 0) is 18.6 Å². The third-order valence-corrected chi connectivity index (χ3v) is 2.16. The zero-order valence-corrected chi connectivity index (χ0v) is 8.25. The monoisotopic (exact) mass is 199 g/mol. The van der Waals surface area contributed by atoms with Crippen LogP contribution in [0.1, 0.15) is 5.56 Å². The average Bonchev–Trinajstić information content (AvgIpc) is 2.33. The summed E-state index contributed by atoms with van der Waals surface area (Å²) in [5.41, 5.74) is 4.13. The zero-order chi connectivity index (χ0) is 6.97. The number of nitrogens with zero attached hydrogens (tertiary/aromatic N) is 1. The van der Waals surface area contributed by atoms with Gasteiger partial charge in [-0.25, -0.2) is 0 Å². The number of thiazole rings is 1. The van der Waals surface area contributed by atoms with Crippen LogP contribution in [0.25, 0.3) is 10.2 Å². The Bertz CT molecular complexity index is 356. The Morgan fingerprint density at radius 1 is 1.55 bits per heavy atom. The van der Waals surface area contributed by atoms with E-state index in [0.717, 1.165) is 10.2 Å². The molecule has 0 N–H and O–H groups in total. The number of hydrogen-bond donors (Lipinski definition) is 0. The minimum Gasteiger partial charge on any atom is -0.309 e. The molecule has 3 heteroatoms. The Kier molecular flexibility index (Phi) is 2.71. The van der Waals surface area contributed by atoms with Gasteiger partial charge in [0.05, 0.1) is 5.51 Å². The smallest absolute Gasteiger partial charge is 0.0634 e. The molecule has 55 valence electrons. The molecular weight excluding hydrogens is 193 g/mol. The van der Waals surface area contributed by atoms with Crippen molar-refractivity contribution in [3.8, 4) is 0 Å². The van der Waals surface area contributed by atoms with Gasteiger partial charge in [-0.3, -0.25) is 0 Å². The normalized spacial score (nSPS) is 9.55. The summed E-state index contributed by atoms with van der Waals surface area (Å²) >= 11 is 1.63.